The Hall–Kier alpha value is -2.09. The van der Waals surface area contributed by atoms with E-state index in [0.717, 1.165) is 5.75 Å². The highest BCUT2D eigenvalue weighted by Gasteiger charge is 2.31. The van der Waals surface area contributed by atoms with E-state index in [0.29, 0.717) is 30.9 Å². The molecule has 1 fully saturated rings. The van der Waals surface area contributed by atoms with Gasteiger partial charge < -0.3 is 14.8 Å². The van der Waals surface area contributed by atoms with Crippen molar-refractivity contribution in [2.45, 2.75) is 23.8 Å². The van der Waals surface area contributed by atoms with Crippen LogP contribution in [0.15, 0.2) is 53.4 Å². The van der Waals surface area contributed by atoms with E-state index in [1.165, 1.54) is 36.8 Å². The molecule has 0 radical (unpaired) electrons. The summed E-state index contributed by atoms with van der Waals surface area (Å²) in [6, 6.07) is 15.1. The minimum Gasteiger partial charge on any atom is -0.497 e. The van der Waals surface area contributed by atoms with E-state index in [1.54, 1.807) is 31.4 Å². The first kappa shape index (κ1) is 20.6. The summed E-state index contributed by atoms with van der Waals surface area (Å²) >= 11 is 0. The monoisotopic (exact) mass is 404 g/mol. The quantitative estimate of drug-likeness (QED) is 0.617. The molecule has 0 bridgehead atoms. The first-order valence-corrected chi connectivity index (χ1v) is 10.9. The number of benzene rings is 2. The van der Waals surface area contributed by atoms with Gasteiger partial charge in [-0.05, 0) is 60.7 Å². The van der Waals surface area contributed by atoms with E-state index in [-0.39, 0.29) is 4.90 Å². The zero-order valence-corrected chi connectivity index (χ0v) is 17.4. The summed E-state index contributed by atoms with van der Waals surface area (Å²) < 4.78 is 36.4. The molecule has 7 heteroatoms. The fraction of sp³-hybridized carbons (Fsp3) is 0.429. The highest BCUT2D eigenvalue weighted by Crippen LogP contribution is 2.41. The highest BCUT2D eigenvalue weighted by molar-refractivity contribution is 7.89. The second-order valence-electron chi connectivity index (χ2n) is 7.15. The summed E-state index contributed by atoms with van der Waals surface area (Å²) in [5.41, 5.74) is 1.27. The van der Waals surface area contributed by atoms with Crippen LogP contribution in [0.4, 0.5) is 0 Å². The lowest BCUT2D eigenvalue weighted by Crippen LogP contribution is -2.27. The van der Waals surface area contributed by atoms with Gasteiger partial charge in [0.25, 0.3) is 0 Å². The van der Waals surface area contributed by atoms with Gasteiger partial charge in [-0.1, -0.05) is 12.1 Å². The summed E-state index contributed by atoms with van der Waals surface area (Å²) in [5.74, 6) is 2.19. The number of ether oxygens (including phenoxy) is 2. The first-order valence-electron chi connectivity index (χ1n) is 9.44. The second kappa shape index (κ2) is 8.94. The van der Waals surface area contributed by atoms with Crippen LogP contribution in [0.25, 0.3) is 0 Å². The molecule has 1 N–H and O–H groups in total. The molecule has 3 rings (SSSR count). The molecule has 6 nitrogen and oxygen atoms in total. The molecular formula is C21H28N2O4S. The van der Waals surface area contributed by atoms with Crippen molar-refractivity contribution in [3.05, 3.63) is 54.1 Å². The van der Waals surface area contributed by atoms with Gasteiger partial charge in [-0.3, -0.25) is 0 Å². The predicted molar refractivity (Wildman–Crippen MR) is 109 cm³/mol. The summed E-state index contributed by atoms with van der Waals surface area (Å²) in [4.78, 5) is 0.260. The van der Waals surface area contributed by atoms with E-state index >= 15 is 0 Å². The van der Waals surface area contributed by atoms with Crippen molar-refractivity contribution < 1.29 is 17.9 Å². The molecule has 152 valence electrons. The topological polar surface area (TPSA) is 67.9 Å². The molecule has 1 aliphatic rings. The van der Waals surface area contributed by atoms with E-state index in [9.17, 15) is 8.42 Å². The minimum absolute atomic E-state index is 0.260. The van der Waals surface area contributed by atoms with Crippen molar-refractivity contribution in [2.24, 2.45) is 5.92 Å². The number of nitrogens with one attached hydrogen (secondary N) is 1. The van der Waals surface area contributed by atoms with Crippen LogP contribution in [-0.4, -0.2) is 47.1 Å². The Labute approximate surface area is 167 Å². The van der Waals surface area contributed by atoms with Crippen LogP contribution in [0.1, 0.15) is 24.4 Å². The largest absolute Gasteiger partial charge is 0.497 e. The molecule has 0 spiro atoms. The fourth-order valence-corrected chi connectivity index (χ4v) is 4.00. The summed E-state index contributed by atoms with van der Waals surface area (Å²) in [6.07, 6.45) is 2.48. The molecule has 0 heterocycles. The normalized spacial score (nSPS) is 15.4. The molecule has 2 aromatic rings. The third-order valence-corrected chi connectivity index (χ3v) is 6.73. The number of hydrogen-bond acceptors (Lipinski definition) is 5. The predicted octanol–water partition coefficient (Wildman–Crippen LogP) is 3.07. The van der Waals surface area contributed by atoms with E-state index in [1.807, 2.05) is 12.1 Å². The highest BCUT2D eigenvalue weighted by atomic mass is 32.2. The summed E-state index contributed by atoms with van der Waals surface area (Å²) in [5, 5.41) is 3.59. The van der Waals surface area contributed by atoms with Crippen LogP contribution in [-0.2, 0) is 10.0 Å². The van der Waals surface area contributed by atoms with Gasteiger partial charge in [0, 0.05) is 26.7 Å². The SMILES string of the molecule is COc1ccc(C(NCCOc2ccc(S(=O)(=O)N(C)C)cc2)C2CC2)cc1. The molecular weight excluding hydrogens is 376 g/mol. The fourth-order valence-electron chi connectivity index (χ4n) is 3.10. The van der Waals surface area contributed by atoms with Gasteiger partial charge in [-0.15, -0.1) is 0 Å². The smallest absolute Gasteiger partial charge is 0.242 e. The van der Waals surface area contributed by atoms with Crippen molar-refractivity contribution in [1.82, 2.24) is 9.62 Å². The van der Waals surface area contributed by atoms with Crippen LogP contribution in [0, 0.1) is 5.92 Å². The Morgan fingerprint density at radius 3 is 2.18 bits per heavy atom. The maximum Gasteiger partial charge on any atom is 0.242 e. The number of rotatable bonds is 10. The average Bonchev–Trinajstić information content (AvgIpc) is 3.53. The minimum atomic E-state index is -3.41. The summed E-state index contributed by atoms with van der Waals surface area (Å²) in [6.45, 7) is 1.23. The molecule has 0 aliphatic heterocycles. The van der Waals surface area contributed by atoms with Gasteiger partial charge in [0.05, 0.1) is 12.0 Å². The Balaban J connectivity index is 1.51. The Bertz CT molecular complexity index is 860. The van der Waals surface area contributed by atoms with E-state index in [4.69, 9.17) is 9.47 Å². The molecule has 0 amide bonds. The molecule has 1 aliphatic carbocycles. The molecule has 2 aromatic carbocycles. The van der Waals surface area contributed by atoms with Gasteiger partial charge in [0.15, 0.2) is 0 Å². The van der Waals surface area contributed by atoms with Crippen molar-refractivity contribution in [2.75, 3.05) is 34.4 Å². The van der Waals surface area contributed by atoms with Gasteiger partial charge in [-0.25, -0.2) is 12.7 Å². The van der Waals surface area contributed by atoms with Crippen molar-refractivity contribution >= 4 is 10.0 Å². The second-order valence-corrected chi connectivity index (χ2v) is 9.30. The van der Waals surface area contributed by atoms with Gasteiger partial charge >= 0.3 is 0 Å². The van der Waals surface area contributed by atoms with Crippen molar-refractivity contribution in [3.8, 4) is 11.5 Å². The van der Waals surface area contributed by atoms with Crippen molar-refractivity contribution in [3.63, 3.8) is 0 Å². The lowest BCUT2D eigenvalue weighted by atomic mass is 10.0. The lowest BCUT2D eigenvalue weighted by Gasteiger charge is -2.19. The molecule has 0 saturated heterocycles. The Kier molecular flexibility index (Phi) is 6.59. The number of nitrogens with zero attached hydrogens (tertiary/aromatic N) is 1. The first-order chi connectivity index (χ1) is 13.4. The molecule has 28 heavy (non-hydrogen) atoms. The molecule has 1 saturated carbocycles. The standard InChI is InChI=1S/C21H28N2O4S/c1-23(2)28(24,25)20-12-10-19(11-13-20)27-15-14-22-21(16-4-5-16)17-6-8-18(26-3)9-7-17/h6-13,16,21-22H,4-5,14-15H2,1-3H3. The zero-order valence-electron chi connectivity index (χ0n) is 16.6. The number of hydrogen-bond donors (Lipinski definition) is 1. The maximum absolute atomic E-state index is 12.1. The lowest BCUT2D eigenvalue weighted by molar-refractivity contribution is 0.301. The van der Waals surface area contributed by atoms with Gasteiger partial charge in [-0.2, -0.15) is 0 Å². The van der Waals surface area contributed by atoms with Crippen LogP contribution in [0.2, 0.25) is 0 Å². The van der Waals surface area contributed by atoms with E-state index < -0.39 is 10.0 Å². The maximum atomic E-state index is 12.1. The third-order valence-electron chi connectivity index (χ3n) is 4.91. The Morgan fingerprint density at radius 1 is 1.04 bits per heavy atom. The average molecular weight is 405 g/mol. The Morgan fingerprint density at radius 2 is 1.64 bits per heavy atom. The molecule has 1 unspecified atom stereocenters. The van der Waals surface area contributed by atoms with E-state index in [2.05, 4.69) is 17.4 Å². The number of methoxy groups -OCH3 is 1. The van der Waals surface area contributed by atoms with Crippen LogP contribution < -0.4 is 14.8 Å². The van der Waals surface area contributed by atoms with Crippen LogP contribution in [0.5, 0.6) is 11.5 Å². The molecule has 0 aromatic heterocycles. The summed E-state index contributed by atoms with van der Waals surface area (Å²) in [7, 11) is 1.30. The van der Waals surface area contributed by atoms with Crippen molar-refractivity contribution in [1.29, 1.82) is 0 Å². The van der Waals surface area contributed by atoms with Crippen LogP contribution in [0.3, 0.4) is 0 Å². The van der Waals surface area contributed by atoms with Gasteiger partial charge in [0.2, 0.25) is 10.0 Å². The zero-order chi connectivity index (χ0) is 20.1. The van der Waals surface area contributed by atoms with Crippen LogP contribution >= 0.6 is 0 Å². The molecule has 1 atom stereocenters. The third kappa shape index (κ3) is 5.04. The van der Waals surface area contributed by atoms with Gasteiger partial charge in [0.1, 0.15) is 18.1 Å². The number of sulfonamides is 1.